The van der Waals surface area contributed by atoms with E-state index in [4.69, 9.17) is 14.5 Å². The lowest BCUT2D eigenvalue weighted by Crippen LogP contribution is -2.51. The SMILES string of the molecule is COc1cc(-c2nccn2C23CC4CC(CC(C4)C2)C3)cc(OC)c1O. The molecule has 0 spiro atoms. The van der Waals surface area contributed by atoms with Crippen LogP contribution in [0.3, 0.4) is 0 Å². The van der Waals surface area contributed by atoms with Crippen LogP contribution in [0.2, 0.25) is 0 Å². The first-order chi connectivity index (χ1) is 12.6. The maximum Gasteiger partial charge on any atom is 0.200 e. The fraction of sp³-hybridized carbons (Fsp3) is 0.571. The summed E-state index contributed by atoms with van der Waals surface area (Å²) in [5, 5.41) is 10.2. The van der Waals surface area contributed by atoms with Gasteiger partial charge < -0.3 is 19.1 Å². The van der Waals surface area contributed by atoms with Gasteiger partial charge in [0, 0.05) is 23.5 Å². The predicted molar refractivity (Wildman–Crippen MR) is 98.6 cm³/mol. The molecule has 6 rings (SSSR count). The molecule has 0 saturated heterocycles. The molecule has 4 saturated carbocycles. The number of hydrogen-bond donors (Lipinski definition) is 1. The molecular weight excluding hydrogens is 328 g/mol. The number of phenolic OH excluding ortho intramolecular Hbond substituents is 1. The van der Waals surface area contributed by atoms with E-state index in [1.807, 2.05) is 18.3 Å². The topological polar surface area (TPSA) is 56.5 Å². The van der Waals surface area contributed by atoms with Crippen LogP contribution in [-0.2, 0) is 5.54 Å². The fourth-order valence-electron chi connectivity index (χ4n) is 6.28. The molecule has 5 nitrogen and oxygen atoms in total. The number of hydrogen-bond acceptors (Lipinski definition) is 4. The minimum atomic E-state index is 0.0339. The van der Waals surface area contributed by atoms with Gasteiger partial charge >= 0.3 is 0 Å². The van der Waals surface area contributed by atoms with E-state index in [9.17, 15) is 5.11 Å². The highest BCUT2D eigenvalue weighted by molar-refractivity contribution is 5.66. The molecule has 0 radical (unpaired) electrons. The molecule has 5 heteroatoms. The Balaban J connectivity index is 1.61. The average molecular weight is 354 g/mol. The van der Waals surface area contributed by atoms with Crippen LogP contribution in [0.15, 0.2) is 24.5 Å². The van der Waals surface area contributed by atoms with Crippen molar-refractivity contribution in [2.75, 3.05) is 14.2 Å². The molecule has 1 heterocycles. The molecule has 4 aliphatic rings. The first kappa shape index (κ1) is 16.0. The Morgan fingerprint density at radius 3 is 2.04 bits per heavy atom. The lowest BCUT2D eigenvalue weighted by atomic mass is 9.53. The van der Waals surface area contributed by atoms with Crippen molar-refractivity contribution < 1.29 is 14.6 Å². The van der Waals surface area contributed by atoms with Gasteiger partial charge in [-0.05, 0) is 68.4 Å². The number of imidazole rings is 1. The van der Waals surface area contributed by atoms with Crippen molar-refractivity contribution in [3.05, 3.63) is 24.5 Å². The third-order valence-electron chi connectivity index (χ3n) is 6.90. The Morgan fingerprint density at radius 2 is 1.54 bits per heavy atom. The molecule has 1 N–H and O–H groups in total. The molecule has 0 unspecified atom stereocenters. The van der Waals surface area contributed by atoms with Crippen molar-refractivity contribution in [2.24, 2.45) is 17.8 Å². The van der Waals surface area contributed by atoms with E-state index in [0.717, 1.165) is 29.1 Å². The summed E-state index contributed by atoms with van der Waals surface area (Å²) in [7, 11) is 3.12. The molecule has 4 fully saturated rings. The molecule has 0 atom stereocenters. The van der Waals surface area contributed by atoms with Gasteiger partial charge in [0.2, 0.25) is 5.75 Å². The minimum absolute atomic E-state index is 0.0339. The van der Waals surface area contributed by atoms with Gasteiger partial charge in [0.1, 0.15) is 5.82 Å². The summed E-state index contributed by atoms with van der Waals surface area (Å²) in [4.78, 5) is 4.69. The molecule has 138 valence electrons. The lowest BCUT2D eigenvalue weighted by Gasteiger charge is -2.57. The van der Waals surface area contributed by atoms with Gasteiger partial charge in [0.15, 0.2) is 11.5 Å². The van der Waals surface area contributed by atoms with Gasteiger partial charge in [-0.1, -0.05) is 0 Å². The first-order valence-corrected chi connectivity index (χ1v) is 9.61. The fourth-order valence-corrected chi connectivity index (χ4v) is 6.28. The van der Waals surface area contributed by atoms with Crippen molar-refractivity contribution >= 4 is 0 Å². The second-order valence-corrected chi connectivity index (χ2v) is 8.49. The van der Waals surface area contributed by atoms with Crippen molar-refractivity contribution in [1.82, 2.24) is 9.55 Å². The number of benzene rings is 1. The van der Waals surface area contributed by atoms with Gasteiger partial charge in [0.05, 0.1) is 14.2 Å². The van der Waals surface area contributed by atoms with Crippen LogP contribution in [0.4, 0.5) is 0 Å². The number of rotatable bonds is 4. The van der Waals surface area contributed by atoms with Crippen molar-refractivity contribution in [3.8, 4) is 28.6 Å². The molecule has 1 aromatic carbocycles. The van der Waals surface area contributed by atoms with Gasteiger partial charge in [-0.3, -0.25) is 0 Å². The third kappa shape index (κ3) is 2.25. The van der Waals surface area contributed by atoms with E-state index in [2.05, 4.69) is 10.8 Å². The summed E-state index contributed by atoms with van der Waals surface area (Å²) < 4.78 is 13.1. The van der Waals surface area contributed by atoms with Gasteiger partial charge in [-0.25, -0.2) is 4.98 Å². The van der Waals surface area contributed by atoms with Crippen LogP contribution >= 0.6 is 0 Å². The highest BCUT2D eigenvalue weighted by Crippen LogP contribution is 2.59. The van der Waals surface area contributed by atoms with E-state index in [1.54, 1.807) is 14.2 Å². The Hall–Kier alpha value is -2.17. The minimum Gasteiger partial charge on any atom is -0.502 e. The third-order valence-corrected chi connectivity index (χ3v) is 6.90. The molecule has 0 amide bonds. The zero-order valence-electron chi connectivity index (χ0n) is 15.4. The summed E-state index contributed by atoms with van der Waals surface area (Å²) in [5.74, 6) is 4.44. The normalized spacial score (nSPS) is 32.0. The number of ether oxygens (including phenoxy) is 2. The van der Waals surface area contributed by atoms with Crippen molar-refractivity contribution in [2.45, 2.75) is 44.1 Å². The first-order valence-electron chi connectivity index (χ1n) is 9.61. The average Bonchev–Trinajstić information content (AvgIpc) is 3.11. The highest BCUT2D eigenvalue weighted by Gasteiger charge is 2.52. The molecule has 4 bridgehead atoms. The predicted octanol–water partition coefficient (Wildman–Crippen LogP) is 4.20. The molecule has 26 heavy (non-hydrogen) atoms. The van der Waals surface area contributed by atoms with E-state index < -0.39 is 0 Å². The number of nitrogens with zero attached hydrogens (tertiary/aromatic N) is 2. The standard InChI is InChI=1S/C21H26N2O3/c1-25-17-8-16(9-18(26-2)19(17)24)20-22-3-4-23(20)21-10-13-5-14(11-21)7-15(6-13)12-21/h3-4,8-9,13-15,24H,5-7,10-12H2,1-2H3. The maximum atomic E-state index is 10.2. The van der Waals surface area contributed by atoms with Crippen LogP contribution < -0.4 is 9.47 Å². The monoisotopic (exact) mass is 354 g/mol. The van der Waals surface area contributed by atoms with Gasteiger partial charge in [-0.2, -0.15) is 0 Å². The molecule has 2 aromatic rings. The van der Waals surface area contributed by atoms with Crippen molar-refractivity contribution in [1.29, 1.82) is 0 Å². The second kappa shape index (κ2) is 5.66. The largest absolute Gasteiger partial charge is 0.502 e. The summed E-state index contributed by atoms with van der Waals surface area (Å²) in [6.45, 7) is 0. The number of aromatic nitrogens is 2. The zero-order valence-corrected chi connectivity index (χ0v) is 15.4. The van der Waals surface area contributed by atoms with Crippen LogP contribution in [0.5, 0.6) is 17.2 Å². The van der Waals surface area contributed by atoms with Gasteiger partial charge in [0.25, 0.3) is 0 Å². The highest BCUT2D eigenvalue weighted by atomic mass is 16.5. The Morgan fingerprint density at radius 1 is 1.00 bits per heavy atom. The maximum absolute atomic E-state index is 10.2. The number of methoxy groups -OCH3 is 2. The molecule has 4 aliphatic carbocycles. The number of phenols is 1. The van der Waals surface area contributed by atoms with E-state index in [-0.39, 0.29) is 11.3 Å². The van der Waals surface area contributed by atoms with Crippen LogP contribution in [0.25, 0.3) is 11.4 Å². The van der Waals surface area contributed by atoms with E-state index in [1.165, 1.54) is 38.5 Å². The lowest BCUT2D eigenvalue weighted by molar-refractivity contribution is -0.0422. The van der Waals surface area contributed by atoms with E-state index >= 15 is 0 Å². The second-order valence-electron chi connectivity index (χ2n) is 8.49. The van der Waals surface area contributed by atoms with Gasteiger partial charge in [-0.15, -0.1) is 0 Å². The van der Waals surface area contributed by atoms with E-state index in [0.29, 0.717) is 11.5 Å². The van der Waals surface area contributed by atoms with Crippen LogP contribution in [0, 0.1) is 17.8 Å². The Kier molecular flexibility index (Phi) is 3.49. The molecule has 0 aliphatic heterocycles. The molecular formula is C21H26N2O3. The Labute approximate surface area is 154 Å². The van der Waals surface area contributed by atoms with Crippen molar-refractivity contribution in [3.63, 3.8) is 0 Å². The molecule has 1 aromatic heterocycles. The summed E-state index contributed by atoms with van der Waals surface area (Å²) >= 11 is 0. The quantitative estimate of drug-likeness (QED) is 0.894. The smallest absolute Gasteiger partial charge is 0.200 e. The Bertz CT molecular complexity index is 781. The number of aromatic hydroxyl groups is 1. The van der Waals surface area contributed by atoms with Crippen LogP contribution in [-0.4, -0.2) is 28.9 Å². The zero-order chi connectivity index (χ0) is 17.9. The summed E-state index contributed by atoms with van der Waals surface area (Å²) in [6, 6.07) is 3.72. The summed E-state index contributed by atoms with van der Waals surface area (Å²) in [5.41, 5.74) is 1.14. The van der Waals surface area contributed by atoms with Crippen LogP contribution in [0.1, 0.15) is 38.5 Å². The summed E-state index contributed by atoms with van der Waals surface area (Å²) in [6.07, 6.45) is 12.1.